The molecule has 0 spiro atoms. The lowest BCUT2D eigenvalue weighted by molar-refractivity contribution is 0.105. The highest BCUT2D eigenvalue weighted by atomic mass is 35.5. The molecule has 1 aliphatic heterocycles. The van der Waals surface area contributed by atoms with Gasteiger partial charge in [-0.05, 0) is 80.1 Å². The molecule has 1 N–H and O–H groups in total. The van der Waals surface area contributed by atoms with Crippen molar-refractivity contribution >= 4 is 58.0 Å². The van der Waals surface area contributed by atoms with Crippen LogP contribution in [0.4, 0.5) is 10.1 Å². The van der Waals surface area contributed by atoms with E-state index in [1.54, 1.807) is 37.3 Å². The third-order valence-corrected chi connectivity index (χ3v) is 14.2. The van der Waals surface area contributed by atoms with Crippen molar-refractivity contribution in [3.63, 3.8) is 0 Å². The van der Waals surface area contributed by atoms with Gasteiger partial charge in [0.15, 0.2) is 9.84 Å². The van der Waals surface area contributed by atoms with E-state index >= 15 is 4.39 Å². The average Bonchev–Trinajstić information content (AvgIpc) is 2.90. The van der Waals surface area contributed by atoms with Gasteiger partial charge in [-0.2, -0.15) is 0 Å². The maximum absolute atomic E-state index is 15.9. The fourth-order valence-corrected chi connectivity index (χ4v) is 10.5. The Balaban J connectivity index is 1.59. The van der Waals surface area contributed by atoms with Gasteiger partial charge in [0, 0.05) is 16.6 Å². The summed E-state index contributed by atoms with van der Waals surface area (Å²) in [6, 6.07) is 15.7. The van der Waals surface area contributed by atoms with Crippen LogP contribution in [0, 0.1) is 24.6 Å². The first-order chi connectivity index (χ1) is 18.4. The van der Waals surface area contributed by atoms with Crippen LogP contribution in [0.15, 0.2) is 65.6 Å². The fourth-order valence-electron chi connectivity index (χ4n) is 5.89. The largest absolute Gasteiger partial charge is 0.492 e. The summed E-state index contributed by atoms with van der Waals surface area (Å²) in [5.41, 5.74) is 0.881. The summed E-state index contributed by atoms with van der Waals surface area (Å²) in [5, 5.41) is 0.174. The van der Waals surface area contributed by atoms with Gasteiger partial charge in [0.1, 0.15) is 16.3 Å². The normalized spacial score (nSPS) is 23.7. The number of rotatable bonds is 6. The molecular weight excluding hydrogens is 603 g/mol. The second-order valence-corrected chi connectivity index (χ2v) is 16.2. The van der Waals surface area contributed by atoms with Crippen LogP contribution in [0.25, 0.3) is 0 Å². The molecule has 1 fully saturated rings. The van der Waals surface area contributed by atoms with Crippen molar-refractivity contribution in [2.45, 2.75) is 40.8 Å². The van der Waals surface area contributed by atoms with E-state index in [2.05, 4.69) is 14.0 Å². The number of halogens is 3. The highest BCUT2D eigenvalue weighted by molar-refractivity contribution is 7.96. The monoisotopic (exact) mass is 629 g/mol. The molecule has 0 saturated heterocycles. The van der Waals surface area contributed by atoms with Crippen LogP contribution >= 0.6 is 32.4 Å². The molecular formula is C27H27Cl2FNO5PS2. The number of para-hydroxylation sites is 1. The van der Waals surface area contributed by atoms with Crippen molar-refractivity contribution < 1.29 is 26.0 Å². The molecule has 1 saturated carbocycles. The van der Waals surface area contributed by atoms with Gasteiger partial charge in [0.25, 0.3) is 0 Å². The first-order valence-electron chi connectivity index (χ1n) is 12.3. The summed E-state index contributed by atoms with van der Waals surface area (Å²) < 4.78 is 78.2. The lowest BCUT2D eigenvalue weighted by atomic mass is 9.69. The first-order valence-corrected chi connectivity index (χ1v) is 16.8. The zero-order valence-electron chi connectivity index (χ0n) is 20.9. The Morgan fingerprint density at radius 1 is 1.08 bits per heavy atom. The first kappa shape index (κ1) is 28.6. The van der Waals surface area contributed by atoms with Crippen molar-refractivity contribution in [1.82, 2.24) is 0 Å². The maximum Gasteiger partial charge on any atom is 0.239 e. The van der Waals surface area contributed by atoms with E-state index in [0.717, 1.165) is 0 Å². The number of hydrogen-bond donors (Lipinski definition) is 1. The molecule has 12 heteroatoms. The summed E-state index contributed by atoms with van der Waals surface area (Å²) in [5.74, 6) is -1.82. The van der Waals surface area contributed by atoms with Gasteiger partial charge in [0.2, 0.25) is 10.0 Å². The van der Waals surface area contributed by atoms with Gasteiger partial charge in [0.05, 0.1) is 27.1 Å². The zero-order chi connectivity index (χ0) is 28.2. The minimum atomic E-state index is -4.21. The van der Waals surface area contributed by atoms with E-state index in [-0.39, 0.29) is 47.1 Å². The average molecular weight is 631 g/mol. The summed E-state index contributed by atoms with van der Waals surface area (Å²) >= 11 is 12.3. The number of hydrogen-bond acceptors (Lipinski definition) is 5. The fraction of sp³-hybridized carbons (Fsp3) is 0.333. The Kier molecular flexibility index (Phi) is 7.70. The van der Waals surface area contributed by atoms with Crippen LogP contribution in [0.2, 0.25) is 10.0 Å². The van der Waals surface area contributed by atoms with Crippen molar-refractivity contribution in [2.24, 2.45) is 11.8 Å². The topological polar surface area (TPSA) is 89.5 Å². The molecule has 6 nitrogen and oxygen atoms in total. The van der Waals surface area contributed by atoms with Crippen molar-refractivity contribution in [3.05, 3.63) is 87.7 Å². The summed E-state index contributed by atoms with van der Waals surface area (Å²) in [4.78, 5) is -0.915. The second kappa shape index (κ2) is 10.5. The maximum atomic E-state index is 15.9. The summed E-state index contributed by atoms with van der Waals surface area (Å²) in [7, 11) is -5.64. The van der Waals surface area contributed by atoms with Crippen LogP contribution < -0.4 is 9.46 Å². The Hall–Kier alpha value is -1.90. The van der Waals surface area contributed by atoms with E-state index in [0.29, 0.717) is 16.3 Å². The van der Waals surface area contributed by atoms with Crippen LogP contribution in [0.1, 0.15) is 30.4 Å². The van der Waals surface area contributed by atoms with E-state index in [1.807, 2.05) is 0 Å². The number of benzene rings is 3. The van der Waals surface area contributed by atoms with Crippen molar-refractivity contribution in [1.29, 1.82) is 0 Å². The van der Waals surface area contributed by atoms with Crippen molar-refractivity contribution in [3.8, 4) is 5.75 Å². The lowest BCUT2D eigenvalue weighted by Gasteiger charge is -2.50. The lowest BCUT2D eigenvalue weighted by Crippen LogP contribution is -2.53. The predicted octanol–water partition coefficient (Wildman–Crippen LogP) is 6.56. The predicted molar refractivity (Wildman–Crippen MR) is 155 cm³/mol. The number of aryl methyl sites for hydroxylation is 1. The Bertz CT molecular complexity index is 1620. The van der Waals surface area contributed by atoms with Crippen molar-refractivity contribution in [2.75, 3.05) is 11.3 Å². The minimum Gasteiger partial charge on any atom is -0.492 e. The summed E-state index contributed by atoms with van der Waals surface area (Å²) in [6.45, 7) is 1.68. The zero-order valence-corrected chi connectivity index (χ0v) is 25.2. The van der Waals surface area contributed by atoms with Gasteiger partial charge in [-0.15, -0.1) is 9.24 Å². The molecule has 3 aromatic carbocycles. The molecule has 5 atom stereocenters. The molecule has 1 heterocycles. The highest BCUT2D eigenvalue weighted by Gasteiger charge is 2.60. The number of sulfone groups is 1. The molecule has 0 amide bonds. The Morgan fingerprint density at radius 2 is 1.74 bits per heavy atom. The third-order valence-electron chi connectivity index (χ3n) is 7.80. The quantitative estimate of drug-likeness (QED) is 0.312. The third kappa shape index (κ3) is 4.84. The van der Waals surface area contributed by atoms with Crippen LogP contribution in [0.3, 0.4) is 0 Å². The molecule has 2 aliphatic rings. The second-order valence-electron chi connectivity index (χ2n) is 10.1. The molecule has 208 valence electrons. The smallest absolute Gasteiger partial charge is 0.239 e. The van der Waals surface area contributed by atoms with Crippen LogP contribution in [0.5, 0.6) is 5.75 Å². The van der Waals surface area contributed by atoms with E-state index in [1.165, 1.54) is 30.3 Å². The van der Waals surface area contributed by atoms with Gasteiger partial charge in [-0.25, -0.2) is 21.2 Å². The number of sulfonamides is 1. The van der Waals surface area contributed by atoms with Crippen LogP contribution in [-0.2, 0) is 24.6 Å². The molecule has 0 radical (unpaired) electrons. The molecule has 1 aliphatic carbocycles. The van der Waals surface area contributed by atoms with Crippen LogP contribution in [-0.4, -0.2) is 28.4 Å². The number of nitrogens with one attached hydrogen (secondary N) is 1. The van der Waals surface area contributed by atoms with E-state index in [4.69, 9.17) is 27.9 Å². The minimum absolute atomic E-state index is 0.000942. The van der Waals surface area contributed by atoms with Gasteiger partial charge in [-0.3, -0.25) is 4.72 Å². The standard InChI is InChI=1S/C27H27Cl2FNO5PS2/c1-16-13-22(29)24(30)23-25(16)36-15-18-14-17(26(37)39(34,35)31-20-5-3-2-4-6-20)11-12-27(18,23)38(32,33)21-9-7-19(28)8-10-21/h2-10,13,17-18,26,31H,11-12,14-15,37H2,1H3/t17-,18-,26?,27+/m1/s1. The molecule has 5 rings (SSSR count). The molecule has 0 bridgehead atoms. The highest BCUT2D eigenvalue weighted by Crippen LogP contribution is 2.59. The molecule has 39 heavy (non-hydrogen) atoms. The molecule has 0 aromatic heterocycles. The Morgan fingerprint density at radius 3 is 2.41 bits per heavy atom. The van der Waals surface area contributed by atoms with E-state index in [9.17, 15) is 16.8 Å². The number of ether oxygens (including phenoxy) is 1. The SMILES string of the molecule is Cc1cc(Cl)c(F)c2c1OC[C@H]1C[C@H](C(P)S(=O)(=O)Nc3ccccc3)CC[C@@]21S(=O)(=O)c1ccc(Cl)cc1. The summed E-state index contributed by atoms with van der Waals surface area (Å²) in [6.07, 6.45) is 0.394. The molecule has 3 aromatic rings. The van der Waals surface area contributed by atoms with Gasteiger partial charge < -0.3 is 4.74 Å². The van der Waals surface area contributed by atoms with Gasteiger partial charge >= 0.3 is 0 Å². The van der Waals surface area contributed by atoms with E-state index < -0.39 is 47.3 Å². The molecule has 2 unspecified atom stereocenters. The van der Waals surface area contributed by atoms with Gasteiger partial charge in [-0.1, -0.05) is 41.4 Å². The number of fused-ring (bicyclic) bond motifs is 3. The Labute approximate surface area is 240 Å². The number of anilines is 1.